The summed E-state index contributed by atoms with van der Waals surface area (Å²) in [6.07, 6.45) is 21.4. The van der Waals surface area contributed by atoms with Gasteiger partial charge < -0.3 is 0 Å². The monoisotopic (exact) mass is 342 g/mol. The van der Waals surface area contributed by atoms with Gasteiger partial charge in [-0.15, -0.1) is 0 Å². The van der Waals surface area contributed by atoms with Gasteiger partial charge in [-0.1, -0.05) is 84.0 Å². The SMILES string of the molecule is CCCCCCCCCCCCCCCC1=NCC=N1.[Zn]. The van der Waals surface area contributed by atoms with Gasteiger partial charge in [0.1, 0.15) is 5.84 Å². The molecule has 118 valence electrons. The molecule has 0 saturated heterocycles. The fourth-order valence-corrected chi connectivity index (χ4v) is 2.78. The molecule has 0 amide bonds. The maximum Gasteiger partial charge on any atom is 0.123 e. The number of rotatable bonds is 14. The van der Waals surface area contributed by atoms with Gasteiger partial charge >= 0.3 is 0 Å². The molecule has 0 N–H and O–H groups in total. The molecule has 0 aromatic rings. The molecule has 1 heterocycles. The first-order valence-corrected chi connectivity index (χ1v) is 8.99. The number of unbranched alkanes of at least 4 members (excludes halogenated alkanes) is 12. The minimum absolute atomic E-state index is 0. The van der Waals surface area contributed by atoms with Gasteiger partial charge in [0.25, 0.3) is 0 Å². The van der Waals surface area contributed by atoms with Gasteiger partial charge in [-0.2, -0.15) is 0 Å². The van der Waals surface area contributed by atoms with Crippen molar-refractivity contribution in [3.05, 3.63) is 0 Å². The van der Waals surface area contributed by atoms with Crippen LogP contribution in [-0.4, -0.2) is 18.6 Å². The van der Waals surface area contributed by atoms with E-state index in [9.17, 15) is 0 Å². The average molecular weight is 344 g/mol. The van der Waals surface area contributed by atoms with Crippen molar-refractivity contribution in [3.63, 3.8) is 0 Å². The maximum atomic E-state index is 4.32. The molecule has 0 aromatic heterocycles. The van der Waals surface area contributed by atoms with E-state index < -0.39 is 0 Å². The Labute approximate surface area is 145 Å². The van der Waals surface area contributed by atoms with Crippen molar-refractivity contribution >= 4 is 12.1 Å². The number of nitrogens with zero attached hydrogens (tertiary/aromatic N) is 2. The quantitative estimate of drug-likeness (QED) is 0.275. The minimum atomic E-state index is 0. The minimum Gasteiger partial charge on any atom is -0.265 e. The van der Waals surface area contributed by atoms with Gasteiger partial charge in [0, 0.05) is 32.1 Å². The summed E-state index contributed by atoms with van der Waals surface area (Å²) in [4.78, 5) is 8.58. The van der Waals surface area contributed by atoms with Gasteiger partial charge in [0.2, 0.25) is 0 Å². The Morgan fingerprint density at radius 1 is 0.762 bits per heavy atom. The van der Waals surface area contributed by atoms with Crippen LogP contribution in [0.2, 0.25) is 0 Å². The van der Waals surface area contributed by atoms with Crippen LogP contribution in [0.4, 0.5) is 0 Å². The summed E-state index contributed by atoms with van der Waals surface area (Å²) >= 11 is 0. The van der Waals surface area contributed by atoms with E-state index in [0.717, 1.165) is 18.8 Å². The molecule has 0 spiro atoms. The summed E-state index contributed by atoms with van der Waals surface area (Å²) in [5, 5.41) is 0. The van der Waals surface area contributed by atoms with E-state index in [4.69, 9.17) is 0 Å². The molecule has 0 saturated carbocycles. The molecule has 1 rings (SSSR count). The number of hydrogen-bond donors (Lipinski definition) is 0. The van der Waals surface area contributed by atoms with E-state index in [0.29, 0.717) is 0 Å². The number of aliphatic imine (C=N–C) groups is 2. The molecule has 2 nitrogen and oxygen atoms in total. The molecule has 1 aliphatic rings. The normalized spacial score (nSPS) is 13.3. The van der Waals surface area contributed by atoms with Crippen LogP contribution in [0.1, 0.15) is 96.8 Å². The molecule has 3 heteroatoms. The molecule has 0 unspecified atom stereocenters. The van der Waals surface area contributed by atoms with Crippen molar-refractivity contribution in [2.45, 2.75) is 96.8 Å². The summed E-state index contributed by atoms with van der Waals surface area (Å²) in [5.74, 6) is 1.08. The average Bonchev–Trinajstić information content (AvgIpc) is 2.97. The summed E-state index contributed by atoms with van der Waals surface area (Å²) < 4.78 is 0. The first kappa shape index (κ1) is 21.0. The maximum absolute atomic E-state index is 4.32. The third-order valence-electron chi connectivity index (χ3n) is 4.10. The molecular weight excluding hydrogens is 310 g/mol. The molecule has 1 aliphatic heterocycles. The Morgan fingerprint density at radius 2 is 1.24 bits per heavy atom. The Morgan fingerprint density at radius 3 is 1.67 bits per heavy atom. The first-order valence-electron chi connectivity index (χ1n) is 8.99. The predicted molar refractivity (Wildman–Crippen MR) is 91.1 cm³/mol. The third-order valence-corrected chi connectivity index (χ3v) is 4.10. The van der Waals surface area contributed by atoms with E-state index >= 15 is 0 Å². The zero-order chi connectivity index (χ0) is 14.3. The molecule has 0 atom stereocenters. The predicted octanol–water partition coefficient (Wildman–Crippen LogP) is 5.95. The Kier molecular flexibility index (Phi) is 16.3. The summed E-state index contributed by atoms with van der Waals surface area (Å²) in [6, 6.07) is 0. The molecule has 0 aromatic carbocycles. The third kappa shape index (κ3) is 13.4. The first-order chi connectivity index (χ1) is 9.93. The van der Waals surface area contributed by atoms with Gasteiger partial charge in [-0.05, 0) is 6.42 Å². The molecular formula is C18H34N2Zn. The van der Waals surface area contributed by atoms with Crippen LogP contribution in [0.25, 0.3) is 0 Å². The summed E-state index contributed by atoms with van der Waals surface area (Å²) in [5.41, 5.74) is 0. The number of hydrogen-bond acceptors (Lipinski definition) is 2. The Bertz CT molecular complexity index is 274. The van der Waals surface area contributed by atoms with E-state index in [1.807, 2.05) is 6.21 Å². The van der Waals surface area contributed by atoms with Crippen LogP contribution < -0.4 is 0 Å². The van der Waals surface area contributed by atoms with Gasteiger partial charge in [-0.3, -0.25) is 4.99 Å². The van der Waals surface area contributed by atoms with Crippen molar-refractivity contribution in [1.29, 1.82) is 0 Å². The van der Waals surface area contributed by atoms with Gasteiger partial charge in [0.15, 0.2) is 0 Å². The Balaban J connectivity index is 0.00000400. The van der Waals surface area contributed by atoms with E-state index in [1.54, 1.807) is 0 Å². The van der Waals surface area contributed by atoms with Crippen LogP contribution in [0.15, 0.2) is 9.98 Å². The standard InChI is InChI=1S/C18H34N2.Zn/c1-2-3-4-5-6-7-8-9-10-11-12-13-14-15-18-19-16-17-20-18;/h16H,2-15,17H2,1H3;. The fraction of sp³-hybridized carbons (Fsp3) is 0.889. The second-order valence-corrected chi connectivity index (χ2v) is 6.06. The van der Waals surface area contributed by atoms with E-state index in [2.05, 4.69) is 16.9 Å². The zero-order valence-corrected chi connectivity index (χ0v) is 17.3. The van der Waals surface area contributed by atoms with Crippen LogP contribution in [-0.2, 0) is 19.5 Å². The van der Waals surface area contributed by atoms with Crippen molar-refractivity contribution in [3.8, 4) is 0 Å². The molecule has 21 heavy (non-hydrogen) atoms. The molecule has 0 fully saturated rings. The summed E-state index contributed by atoms with van der Waals surface area (Å²) in [6.45, 7) is 3.10. The molecule has 0 radical (unpaired) electrons. The van der Waals surface area contributed by atoms with E-state index in [1.165, 1.54) is 83.5 Å². The van der Waals surface area contributed by atoms with Crippen LogP contribution >= 0.6 is 0 Å². The van der Waals surface area contributed by atoms with Crippen LogP contribution in [0.3, 0.4) is 0 Å². The van der Waals surface area contributed by atoms with Crippen LogP contribution in [0, 0.1) is 0 Å². The molecule has 0 bridgehead atoms. The van der Waals surface area contributed by atoms with Crippen LogP contribution in [0.5, 0.6) is 0 Å². The smallest absolute Gasteiger partial charge is 0.123 e. The van der Waals surface area contributed by atoms with E-state index in [-0.39, 0.29) is 19.5 Å². The fourth-order valence-electron chi connectivity index (χ4n) is 2.78. The van der Waals surface area contributed by atoms with Crippen molar-refractivity contribution < 1.29 is 19.5 Å². The zero-order valence-electron chi connectivity index (χ0n) is 14.3. The van der Waals surface area contributed by atoms with Gasteiger partial charge in [0.05, 0.1) is 6.54 Å². The van der Waals surface area contributed by atoms with Crippen molar-refractivity contribution in [2.24, 2.45) is 9.98 Å². The number of amidine groups is 1. The van der Waals surface area contributed by atoms with Gasteiger partial charge in [-0.25, -0.2) is 4.99 Å². The Hall–Kier alpha value is -0.0366. The van der Waals surface area contributed by atoms with Crippen molar-refractivity contribution in [2.75, 3.05) is 6.54 Å². The second kappa shape index (κ2) is 16.3. The largest absolute Gasteiger partial charge is 0.265 e. The molecule has 0 aliphatic carbocycles. The summed E-state index contributed by atoms with van der Waals surface area (Å²) in [7, 11) is 0. The topological polar surface area (TPSA) is 24.7 Å². The van der Waals surface area contributed by atoms with Crippen molar-refractivity contribution in [1.82, 2.24) is 0 Å². The second-order valence-electron chi connectivity index (χ2n) is 6.06.